The predicted molar refractivity (Wildman–Crippen MR) is 94.0 cm³/mol. The Morgan fingerprint density at radius 3 is 2.83 bits per heavy atom. The first-order valence-corrected chi connectivity index (χ1v) is 8.32. The predicted octanol–water partition coefficient (Wildman–Crippen LogP) is 1.99. The number of morpholine rings is 1. The van der Waals surface area contributed by atoms with E-state index >= 15 is 0 Å². The third kappa shape index (κ3) is 3.56. The van der Waals surface area contributed by atoms with Crippen molar-refractivity contribution >= 4 is 27.3 Å². The SMILES string of the molecule is Cn1ncc(NCc2ccccc2N2CCOCC2)c(Br)c1=O. The van der Waals surface area contributed by atoms with Crippen LogP contribution in [0.4, 0.5) is 11.4 Å². The molecule has 0 radical (unpaired) electrons. The summed E-state index contributed by atoms with van der Waals surface area (Å²) < 4.78 is 7.22. The molecule has 1 saturated heterocycles. The van der Waals surface area contributed by atoms with Crippen molar-refractivity contribution in [3.05, 3.63) is 50.9 Å². The summed E-state index contributed by atoms with van der Waals surface area (Å²) in [5.41, 5.74) is 2.93. The van der Waals surface area contributed by atoms with Gasteiger partial charge in [0.05, 0.1) is 25.1 Å². The minimum atomic E-state index is -0.156. The lowest BCUT2D eigenvalue weighted by molar-refractivity contribution is 0.122. The molecule has 1 fully saturated rings. The summed E-state index contributed by atoms with van der Waals surface area (Å²) in [6, 6.07) is 8.29. The highest BCUT2D eigenvalue weighted by Gasteiger charge is 2.14. The zero-order valence-corrected chi connectivity index (χ0v) is 14.5. The number of para-hydroxylation sites is 1. The maximum atomic E-state index is 11.9. The van der Waals surface area contributed by atoms with Crippen LogP contribution in [0.15, 0.2) is 39.7 Å². The Kier molecular flexibility index (Phi) is 4.97. The van der Waals surface area contributed by atoms with E-state index in [1.807, 2.05) is 12.1 Å². The summed E-state index contributed by atoms with van der Waals surface area (Å²) in [5.74, 6) is 0. The van der Waals surface area contributed by atoms with Gasteiger partial charge in [-0.3, -0.25) is 4.79 Å². The van der Waals surface area contributed by atoms with Gasteiger partial charge in [0.1, 0.15) is 4.47 Å². The van der Waals surface area contributed by atoms with Crippen molar-refractivity contribution in [3.63, 3.8) is 0 Å². The number of ether oxygens (including phenoxy) is 1. The van der Waals surface area contributed by atoms with Gasteiger partial charge in [-0.1, -0.05) is 18.2 Å². The Bertz CT molecular complexity index is 741. The third-order valence-electron chi connectivity index (χ3n) is 3.89. The molecule has 1 aliphatic rings. The monoisotopic (exact) mass is 378 g/mol. The molecule has 0 bridgehead atoms. The van der Waals surface area contributed by atoms with Crippen molar-refractivity contribution in [2.45, 2.75) is 6.54 Å². The largest absolute Gasteiger partial charge is 0.379 e. The highest BCUT2D eigenvalue weighted by atomic mass is 79.9. The Hall–Kier alpha value is -1.86. The molecule has 0 unspecified atom stereocenters. The van der Waals surface area contributed by atoms with Crippen LogP contribution >= 0.6 is 15.9 Å². The average Bonchev–Trinajstić information content (AvgIpc) is 2.60. The van der Waals surface area contributed by atoms with Crippen LogP contribution in [0.1, 0.15) is 5.56 Å². The van der Waals surface area contributed by atoms with E-state index in [0.29, 0.717) is 16.7 Å². The molecule has 0 aliphatic carbocycles. The first-order chi connectivity index (χ1) is 11.2. The quantitative estimate of drug-likeness (QED) is 0.881. The molecular weight excluding hydrogens is 360 g/mol. The molecule has 2 heterocycles. The van der Waals surface area contributed by atoms with Crippen LogP contribution in [0.2, 0.25) is 0 Å². The molecular formula is C16H19BrN4O2. The van der Waals surface area contributed by atoms with Gasteiger partial charge >= 0.3 is 0 Å². The Morgan fingerprint density at radius 2 is 2.04 bits per heavy atom. The summed E-state index contributed by atoms with van der Waals surface area (Å²) >= 11 is 3.34. The minimum Gasteiger partial charge on any atom is -0.379 e. The maximum absolute atomic E-state index is 11.9. The van der Waals surface area contributed by atoms with Crippen LogP contribution in [0.25, 0.3) is 0 Å². The van der Waals surface area contributed by atoms with Gasteiger partial charge in [0.25, 0.3) is 5.56 Å². The number of anilines is 2. The lowest BCUT2D eigenvalue weighted by atomic mass is 10.1. The topological polar surface area (TPSA) is 59.4 Å². The number of nitrogens with one attached hydrogen (secondary N) is 1. The van der Waals surface area contributed by atoms with E-state index in [1.165, 1.54) is 15.9 Å². The number of halogens is 1. The number of rotatable bonds is 4. The van der Waals surface area contributed by atoms with Crippen LogP contribution in [0.3, 0.4) is 0 Å². The summed E-state index contributed by atoms with van der Waals surface area (Å²) in [6.45, 7) is 3.93. The fourth-order valence-electron chi connectivity index (χ4n) is 2.60. The van der Waals surface area contributed by atoms with E-state index in [9.17, 15) is 4.79 Å². The van der Waals surface area contributed by atoms with E-state index in [2.05, 4.69) is 43.4 Å². The van der Waals surface area contributed by atoms with Gasteiger partial charge in [-0.25, -0.2) is 4.68 Å². The van der Waals surface area contributed by atoms with E-state index < -0.39 is 0 Å². The van der Waals surface area contributed by atoms with E-state index in [4.69, 9.17) is 4.74 Å². The van der Waals surface area contributed by atoms with E-state index in [-0.39, 0.29) is 5.56 Å². The van der Waals surface area contributed by atoms with Crippen molar-refractivity contribution in [2.24, 2.45) is 7.05 Å². The fraction of sp³-hybridized carbons (Fsp3) is 0.375. The molecule has 3 rings (SSSR count). The van der Waals surface area contributed by atoms with Crippen molar-refractivity contribution < 1.29 is 4.74 Å². The summed E-state index contributed by atoms with van der Waals surface area (Å²) in [5, 5.41) is 7.34. The number of benzene rings is 1. The highest BCUT2D eigenvalue weighted by Crippen LogP contribution is 2.23. The molecule has 122 valence electrons. The number of hydrogen-bond donors (Lipinski definition) is 1. The number of nitrogens with zero attached hydrogens (tertiary/aromatic N) is 3. The van der Waals surface area contributed by atoms with Crippen LogP contribution < -0.4 is 15.8 Å². The standard InChI is InChI=1S/C16H19BrN4O2/c1-20-16(22)15(17)13(11-19-20)18-10-12-4-2-3-5-14(12)21-6-8-23-9-7-21/h2-5,11,18H,6-10H2,1H3. The van der Waals surface area contributed by atoms with Crippen LogP contribution in [-0.4, -0.2) is 36.1 Å². The number of aryl methyl sites for hydroxylation is 1. The summed E-state index contributed by atoms with van der Waals surface area (Å²) in [7, 11) is 1.63. The molecule has 7 heteroatoms. The Balaban J connectivity index is 1.78. The molecule has 1 aliphatic heterocycles. The van der Waals surface area contributed by atoms with E-state index in [0.717, 1.165) is 26.3 Å². The van der Waals surface area contributed by atoms with Gasteiger partial charge in [-0.15, -0.1) is 0 Å². The Labute approximate surface area is 143 Å². The van der Waals surface area contributed by atoms with Gasteiger partial charge in [-0.2, -0.15) is 5.10 Å². The third-order valence-corrected chi connectivity index (χ3v) is 4.66. The molecule has 2 aromatic rings. The Morgan fingerprint density at radius 1 is 1.30 bits per heavy atom. The second-order valence-electron chi connectivity index (χ2n) is 5.38. The van der Waals surface area contributed by atoms with Crippen LogP contribution in [0, 0.1) is 0 Å². The maximum Gasteiger partial charge on any atom is 0.282 e. The molecule has 0 saturated carbocycles. The second-order valence-corrected chi connectivity index (χ2v) is 6.18. The summed E-state index contributed by atoms with van der Waals surface area (Å²) in [4.78, 5) is 14.2. The lowest BCUT2D eigenvalue weighted by Gasteiger charge is -2.30. The molecule has 1 aromatic carbocycles. The average molecular weight is 379 g/mol. The van der Waals surface area contributed by atoms with Crippen LogP contribution in [0.5, 0.6) is 0 Å². The minimum absolute atomic E-state index is 0.156. The second kappa shape index (κ2) is 7.14. The first-order valence-electron chi connectivity index (χ1n) is 7.53. The zero-order chi connectivity index (χ0) is 16.2. The first kappa shape index (κ1) is 16.0. The summed E-state index contributed by atoms with van der Waals surface area (Å²) in [6.07, 6.45) is 1.66. The van der Waals surface area contributed by atoms with Crippen molar-refractivity contribution in [1.29, 1.82) is 0 Å². The molecule has 0 amide bonds. The fourth-order valence-corrected chi connectivity index (χ4v) is 3.10. The highest BCUT2D eigenvalue weighted by molar-refractivity contribution is 9.10. The van der Waals surface area contributed by atoms with Gasteiger partial charge in [-0.05, 0) is 27.6 Å². The zero-order valence-electron chi connectivity index (χ0n) is 13.0. The number of aromatic nitrogens is 2. The molecule has 6 nitrogen and oxygen atoms in total. The molecule has 0 atom stereocenters. The van der Waals surface area contributed by atoms with Crippen molar-refractivity contribution in [2.75, 3.05) is 36.5 Å². The molecule has 0 spiro atoms. The molecule has 1 N–H and O–H groups in total. The molecule has 23 heavy (non-hydrogen) atoms. The lowest BCUT2D eigenvalue weighted by Crippen LogP contribution is -2.36. The van der Waals surface area contributed by atoms with E-state index in [1.54, 1.807) is 13.2 Å². The normalized spacial score (nSPS) is 14.8. The van der Waals surface area contributed by atoms with Gasteiger partial charge in [0, 0.05) is 32.4 Å². The molecule has 1 aromatic heterocycles. The van der Waals surface area contributed by atoms with Gasteiger partial charge < -0.3 is 15.0 Å². The van der Waals surface area contributed by atoms with Crippen molar-refractivity contribution in [1.82, 2.24) is 9.78 Å². The van der Waals surface area contributed by atoms with Gasteiger partial charge in [0.2, 0.25) is 0 Å². The smallest absolute Gasteiger partial charge is 0.282 e. The van der Waals surface area contributed by atoms with Gasteiger partial charge in [0.15, 0.2) is 0 Å². The number of hydrogen-bond acceptors (Lipinski definition) is 5. The van der Waals surface area contributed by atoms with Crippen LogP contribution in [-0.2, 0) is 18.3 Å². The van der Waals surface area contributed by atoms with Crippen molar-refractivity contribution in [3.8, 4) is 0 Å².